The Morgan fingerprint density at radius 2 is 0.500 bits per heavy atom. The minimum Gasteiger partial charge on any atom is -0.489 e. The number of benzene rings is 4. The molecule has 16 nitrogen and oxygen atoms in total. The molecule has 0 atom stereocenters. The Bertz CT molecular complexity index is 3610. The highest BCUT2D eigenvalue weighted by molar-refractivity contribution is 6.11. The maximum atomic E-state index is 7.06. The lowest BCUT2D eigenvalue weighted by Gasteiger charge is -2.22. The molecule has 0 aliphatic carbocycles. The first-order valence-electron chi connectivity index (χ1n) is 30.0. The van der Waals surface area contributed by atoms with Crippen LogP contribution in [0.15, 0.2) is 68.5 Å². The number of hydrogen-bond acceptors (Lipinski definition) is 12. The molecule has 9 rings (SSSR count). The molecule has 4 N–H and O–H groups in total. The van der Waals surface area contributed by atoms with Crippen LogP contribution in [0.5, 0.6) is 46.0 Å². The van der Waals surface area contributed by atoms with E-state index in [-0.39, 0.29) is 0 Å². The predicted molar refractivity (Wildman–Crippen MR) is 320 cm³/mol. The normalized spacial score (nSPS) is 12.1. The van der Waals surface area contributed by atoms with Gasteiger partial charge in [0.05, 0.1) is 74.4 Å². The van der Waals surface area contributed by atoms with Gasteiger partial charge in [-0.05, 0) is 51.4 Å². The van der Waals surface area contributed by atoms with Crippen molar-refractivity contribution in [1.29, 1.82) is 0 Å². The van der Waals surface area contributed by atoms with Gasteiger partial charge in [0.2, 0.25) is 23.0 Å². The van der Waals surface area contributed by atoms with Crippen molar-refractivity contribution in [3.05, 3.63) is 70.5 Å². The molecule has 8 bridgehead atoms. The van der Waals surface area contributed by atoms with E-state index < -0.39 is 0 Å². The van der Waals surface area contributed by atoms with Gasteiger partial charge >= 0.3 is 0 Å². The molecule has 16 heteroatoms. The molecule has 0 saturated carbocycles. The third-order valence-electron chi connectivity index (χ3n) is 14.3. The third kappa shape index (κ3) is 12.3. The molecule has 0 amide bonds. The largest absolute Gasteiger partial charge is 0.489 e. The molecule has 4 aromatic carbocycles. The summed E-state index contributed by atoms with van der Waals surface area (Å²) in [6.45, 7) is 20.7. The van der Waals surface area contributed by atoms with E-state index in [0.29, 0.717) is 166 Å². The van der Waals surface area contributed by atoms with Crippen LogP contribution in [0, 0.1) is 0 Å². The number of aromatic nitrogens is 4. The van der Waals surface area contributed by atoms with Crippen molar-refractivity contribution >= 4 is 66.4 Å². The second-order valence-electron chi connectivity index (χ2n) is 20.6. The van der Waals surface area contributed by atoms with Gasteiger partial charge in [-0.2, -0.15) is 0 Å². The lowest BCUT2D eigenvalue weighted by Crippen LogP contribution is -2.11. The number of unbranched alkanes of at least 4 members (excludes halogenated alkanes) is 8. The van der Waals surface area contributed by atoms with Crippen molar-refractivity contribution in [3.8, 4) is 46.0 Å². The highest BCUT2D eigenvalue weighted by atomic mass is 16.6. The molecular weight excluding hydrogens is 1010 g/mol. The number of nitrogens with zero attached hydrogens (tertiary/aromatic N) is 4. The molecule has 0 spiro atoms. The summed E-state index contributed by atoms with van der Waals surface area (Å²) < 4.78 is 55.8. The van der Waals surface area contributed by atoms with Crippen LogP contribution in [0.3, 0.4) is 0 Å². The number of nitrogens with one attached hydrogen (secondary N) is 4. The summed E-state index contributed by atoms with van der Waals surface area (Å²) in [7, 11) is 0. The van der Waals surface area contributed by atoms with Crippen LogP contribution in [0.2, 0.25) is 0 Å². The quantitative estimate of drug-likeness (QED) is 0.0300. The average Bonchev–Trinajstić information content (AvgIpc) is 4.24. The van der Waals surface area contributed by atoms with Crippen LogP contribution in [-0.4, -0.2) is 72.8 Å². The second kappa shape index (κ2) is 28.2. The predicted octanol–water partition coefficient (Wildman–Crippen LogP) is 15.2. The Labute approximate surface area is 469 Å². The Morgan fingerprint density at radius 3 is 0.825 bits per heavy atom. The number of hydrogen-bond donors (Lipinski definition) is 4. The van der Waals surface area contributed by atoms with E-state index in [0.717, 1.165) is 124 Å². The summed E-state index contributed by atoms with van der Waals surface area (Å²) in [5.74, 6) is 6.02. The fourth-order valence-electron chi connectivity index (χ4n) is 9.74. The molecule has 1 aliphatic rings. The van der Waals surface area contributed by atoms with Crippen molar-refractivity contribution in [1.82, 2.24) is 19.9 Å². The summed E-state index contributed by atoms with van der Waals surface area (Å²) in [5.41, 5.74) is 2.12. The lowest BCUT2D eigenvalue weighted by molar-refractivity contribution is 0.225. The van der Waals surface area contributed by atoms with Gasteiger partial charge in [0.1, 0.15) is 45.2 Å². The van der Waals surface area contributed by atoms with E-state index >= 15 is 0 Å². The fraction of sp³-hybridized carbons (Fsp3) is 0.500. The van der Waals surface area contributed by atoms with Crippen LogP contribution < -0.4 is 59.8 Å². The molecule has 80 heavy (non-hydrogen) atoms. The standard InChI is InChI=1S/C64H84N8O8/c1-9-17-33-73-49-45-47(51(75-35-19-11-3)55(79-39-23-15-7)53(49)77-37-21-13-5)63-70-61(45)68-59-43-31-27-25-29-41(43)57(66-59)65-58-42-30-26-28-32-44(42)60(67-58)69-62-46-48(64(71-62)72-63)52(76-36-20-12-4)56(80-40-24-16-8)54(78-38-22-14-6)50(46)74-34-18-10-2/h25-32H,9-24,33-40H2,1-8H3,(H4,65,66,67,68,69,70,71,72). The summed E-state index contributed by atoms with van der Waals surface area (Å²) in [4.78, 5) is 37.1. The van der Waals surface area contributed by atoms with E-state index in [4.69, 9.17) is 57.9 Å². The number of ether oxygens (including phenoxy) is 8. The third-order valence-corrected chi connectivity index (χ3v) is 14.3. The number of H-pyrrole nitrogens is 4. The molecule has 428 valence electrons. The van der Waals surface area contributed by atoms with E-state index in [1.807, 2.05) is 24.3 Å². The van der Waals surface area contributed by atoms with Gasteiger partial charge in [-0.3, -0.25) is 0 Å². The van der Waals surface area contributed by atoms with E-state index in [1.54, 1.807) is 0 Å². The highest BCUT2D eigenvalue weighted by Gasteiger charge is 2.33. The van der Waals surface area contributed by atoms with Crippen molar-refractivity contribution in [2.75, 3.05) is 52.9 Å². The average molecular weight is 1090 g/mol. The van der Waals surface area contributed by atoms with Crippen molar-refractivity contribution in [2.45, 2.75) is 158 Å². The van der Waals surface area contributed by atoms with Crippen molar-refractivity contribution in [3.63, 3.8) is 0 Å². The number of fused-ring (bicyclic) bond motifs is 20. The number of aromatic amines is 4. The first-order chi connectivity index (χ1) is 39.4. The van der Waals surface area contributed by atoms with Crippen molar-refractivity contribution in [2.24, 2.45) is 20.0 Å². The van der Waals surface area contributed by atoms with E-state index in [2.05, 4.69) is 99.6 Å². The summed E-state index contributed by atoms with van der Waals surface area (Å²) in [5, 5.41) is 6.06. The summed E-state index contributed by atoms with van der Waals surface area (Å²) in [6.07, 6.45) is 13.9. The summed E-state index contributed by atoms with van der Waals surface area (Å²) in [6, 6.07) is 16.3. The minimum absolute atomic E-state index is 0.414. The van der Waals surface area contributed by atoms with Gasteiger partial charge in [0.25, 0.3) is 0 Å². The Kier molecular flexibility index (Phi) is 20.2. The molecule has 0 unspecified atom stereocenters. The SMILES string of the molecule is CCCCOc1c(OCCCC)c(OCCCC)c2c3[nH]c(c2c1OCCCC)N=c1[nH]c(c2ccccc12)=Nc1[nH]c(c2ccccc12)N=c1[nH]c(c2c(OCCCC)c(OCCCC)c(OCCCC)c(OCCCC)c12)=N3. The zero-order valence-corrected chi connectivity index (χ0v) is 48.6. The van der Waals surface area contributed by atoms with Crippen LogP contribution >= 0.6 is 0 Å². The van der Waals surface area contributed by atoms with Crippen LogP contribution in [0.25, 0.3) is 43.1 Å². The first-order valence-corrected chi connectivity index (χ1v) is 30.0. The molecule has 0 saturated heterocycles. The minimum atomic E-state index is 0.414. The molecular formula is C64H84N8O8. The maximum Gasteiger partial charge on any atom is 0.208 e. The van der Waals surface area contributed by atoms with Crippen LogP contribution in [-0.2, 0) is 0 Å². The van der Waals surface area contributed by atoms with Gasteiger partial charge in [0.15, 0.2) is 23.0 Å². The van der Waals surface area contributed by atoms with Gasteiger partial charge in [0, 0.05) is 21.5 Å². The highest BCUT2D eigenvalue weighted by Crippen LogP contribution is 2.57. The monoisotopic (exact) mass is 1090 g/mol. The Morgan fingerprint density at radius 1 is 0.263 bits per heavy atom. The van der Waals surface area contributed by atoms with Crippen LogP contribution in [0.4, 0.5) is 23.3 Å². The first kappa shape index (κ1) is 57.3. The lowest BCUT2D eigenvalue weighted by atomic mass is 10.1. The van der Waals surface area contributed by atoms with Gasteiger partial charge in [-0.25, -0.2) is 20.0 Å². The second-order valence-corrected chi connectivity index (χ2v) is 20.6. The zero-order chi connectivity index (χ0) is 55.8. The van der Waals surface area contributed by atoms with Crippen molar-refractivity contribution < 1.29 is 37.9 Å². The van der Waals surface area contributed by atoms with Gasteiger partial charge in [-0.1, -0.05) is 155 Å². The molecule has 4 aromatic heterocycles. The van der Waals surface area contributed by atoms with Gasteiger partial charge in [-0.15, -0.1) is 0 Å². The van der Waals surface area contributed by atoms with E-state index in [9.17, 15) is 0 Å². The zero-order valence-electron chi connectivity index (χ0n) is 48.6. The summed E-state index contributed by atoms with van der Waals surface area (Å²) >= 11 is 0. The van der Waals surface area contributed by atoms with Gasteiger partial charge < -0.3 is 57.8 Å². The number of rotatable bonds is 32. The molecule has 5 heterocycles. The molecule has 1 aliphatic heterocycles. The topological polar surface area (TPSA) is 186 Å². The fourth-order valence-corrected chi connectivity index (χ4v) is 9.74. The van der Waals surface area contributed by atoms with E-state index in [1.165, 1.54) is 0 Å². The van der Waals surface area contributed by atoms with Crippen LogP contribution in [0.1, 0.15) is 158 Å². The maximum absolute atomic E-state index is 7.06. The molecule has 0 radical (unpaired) electrons. The molecule has 8 aromatic rings. The Balaban J connectivity index is 1.55. The molecule has 0 fully saturated rings. The smallest absolute Gasteiger partial charge is 0.208 e. The Hall–Kier alpha value is -7.36.